The van der Waals surface area contributed by atoms with Gasteiger partial charge in [0.15, 0.2) is 0 Å². The number of hydrogen-bond donors (Lipinski definition) is 3. The van der Waals surface area contributed by atoms with Gasteiger partial charge in [0.2, 0.25) is 0 Å². The van der Waals surface area contributed by atoms with Crippen LogP contribution in [-0.2, 0) is 16.0 Å². The highest BCUT2D eigenvalue weighted by Crippen LogP contribution is 2.19. The fourth-order valence-corrected chi connectivity index (χ4v) is 2.66. The largest absolute Gasteiger partial charge is 0.490 e. The Bertz CT molecular complexity index is 1220. The summed E-state index contributed by atoms with van der Waals surface area (Å²) in [6, 6.07) is 27.2. The Hall–Kier alpha value is -4.30. The lowest BCUT2D eigenvalue weighted by Gasteiger charge is -2.02. The summed E-state index contributed by atoms with van der Waals surface area (Å²) in [5, 5.41) is 14.2. The van der Waals surface area contributed by atoms with Crippen molar-refractivity contribution in [2.24, 2.45) is 5.73 Å². The molecule has 38 heavy (non-hydrogen) atoms. The van der Waals surface area contributed by atoms with Crippen LogP contribution in [0.25, 0.3) is 11.1 Å². The minimum absolute atomic E-state index is 0.724. The number of rotatable bonds is 4. The molecule has 0 aromatic heterocycles. The molecule has 3 aromatic rings. The average Bonchev–Trinajstić information content (AvgIpc) is 2.87. The van der Waals surface area contributed by atoms with Crippen LogP contribution < -0.4 is 5.73 Å². The SMILES string of the molecule is NCCCc1cccc(C#Cc2cccc(-c3ccccc3)c2)c1.O=C(O)C(F)(F)F.O=C(O)C(F)(F)F. The maximum Gasteiger partial charge on any atom is 0.490 e. The Morgan fingerprint density at radius 2 is 1.13 bits per heavy atom. The third-order valence-electron chi connectivity index (χ3n) is 4.40. The van der Waals surface area contributed by atoms with Crippen LogP contribution in [0.15, 0.2) is 78.9 Å². The number of alkyl halides is 6. The number of halogens is 6. The van der Waals surface area contributed by atoms with E-state index in [0.717, 1.165) is 30.5 Å². The normalized spacial score (nSPS) is 10.5. The number of carboxylic acid groups (broad SMARTS) is 2. The van der Waals surface area contributed by atoms with Crippen LogP contribution in [0.4, 0.5) is 26.3 Å². The molecule has 4 N–H and O–H groups in total. The summed E-state index contributed by atoms with van der Waals surface area (Å²) in [6.07, 6.45) is -8.15. The minimum Gasteiger partial charge on any atom is -0.475 e. The highest BCUT2D eigenvalue weighted by Gasteiger charge is 2.38. The molecule has 11 heteroatoms. The number of aryl methyl sites for hydroxylation is 1. The fourth-order valence-electron chi connectivity index (χ4n) is 2.66. The van der Waals surface area contributed by atoms with E-state index in [0.29, 0.717) is 0 Å². The van der Waals surface area contributed by atoms with Crippen molar-refractivity contribution in [2.75, 3.05) is 6.54 Å². The Morgan fingerprint density at radius 3 is 1.61 bits per heavy atom. The maximum absolute atomic E-state index is 10.6. The molecule has 0 fully saturated rings. The standard InChI is InChI=1S/C23H21N.2C2HF3O2/c24-16-6-10-19-7-4-8-20(17-19)14-15-21-9-5-13-23(18-21)22-11-2-1-3-12-22;2*3-2(4,5)1(6)7/h1-5,7-9,11-13,17-18H,6,10,16,24H2;2*(H,6,7). The first kappa shape index (κ1) is 31.7. The molecule has 0 saturated carbocycles. The average molecular weight is 539 g/mol. The second kappa shape index (κ2) is 15.1. The van der Waals surface area contributed by atoms with Crippen LogP contribution in [0.1, 0.15) is 23.1 Å². The molecule has 0 heterocycles. The lowest BCUT2D eigenvalue weighted by molar-refractivity contribution is -0.193. The van der Waals surface area contributed by atoms with Crippen molar-refractivity contribution in [1.82, 2.24) is 0 Å². The zero-order valence-electron chi connectivity index (χ0n) is 19.7. The summed E-state index contributed by atoms with van der Waals surface area (Å²) in [7, 11) is 0. The first-order chi connectivity index (χ1) is 17.7. The molecule has 0 atom stereocenters. The molecule has 0 saturated heterocycles. The van der Waals surface area contributed by atoms with Crippen molar-refractivity contribution in [2.45, 2.75) is 25.2 Å². The Labute approximate surface area is 214 Å². The van der Waals surface area contributed by atoms with E-state index in [2.05, 4.69) is 84.6 Å². The van der Waals surface area contributed by atoms with Gasteiger partial charge in [-0.2, -0.15) is 26.3 Å². The molecule has 0 radical (unpaired) electrons. The van der Waals surface area contributed by atoms with Gasteiger partial charge in [0.25, 0.3) is 0 Å². The highest BCUT2D eigenvalue weighted by molar-refractivity contribution is 5.73. The van der Waals surface area contributed by atoms with Crippen LogP contribution in [0, 0.1) is 11.8 Å². The third-order valence-corrected chi connectivity index (χ3v) is 4.40. The summed E-state index contributed by atoms with van der Waals surface area (Å²) >= 11 is 0. The molecule has 0 bridgehead atoms. The molecule has 0 unspecified atom stereocenters. The first-order valence-corrected chi connectivity index (χ1v) is 10.8. The molecular weight excluding hydrogens is 516 g/mol. The van der Waals surface area contributed by atoms with E-state index in [-0.39, 0.29) is 0 Å². The van der Waals surface area contributed by atoms with E-state index in [1.54, 1.807) is 0 Å². The first-order valence-electron chi connectivity index (χ1n) is 10.8. The van der Waals surface area contributed by atoms with Crippen LogP contribution in [0.5, 0.6) is 0 Å². The van der Waals surface area contributed by atoms with Gasteiger partial charge in [-0.05, 0) is 60.3 Å². The van der Waals surface area contributed by atoms with Crippen LogP contribution in [0.3, 0.4) is 0 Å². The van der Waals surface area contributed by atoms with Gasteiger partial charge in [0.05, 0.1) is 0 Å². The lowest BCUT2D eigenvalue weighted by Crippen LogP contribution is -2.21. The van der Waals surface area contributed by atoms with Crippen molar-refractivity contribution < 1.29 is 46.1 Å². The van der Waals surface area contributed by atoms with Crippen molar-refractivity contribution in [3.8, 4) is 23.0 Å². The van der Waals surface area contributed by atoms with E-state index >= 15 is 0 Å². The van der Waals surface area contributed by atoms with E-state index in [1.807, 2.05) is 6.07 Å². The molecular formula is C27H23F6NO4. The van der Waals surface area contributed by atoms with E-state index in [4.69, 9.17) is 25.5 Å². The molecule has 0 spiro atoms. The summed E-state index contributed by atoms with van der Waals surface area (Å²) in [5.41, 5.74) is 11.4. The summed E-state index contributed by atoms with van der Waals surface area (Å²) in [6.45, 7) is 0.724. The molecule has 0 aliphatic heterocycles. The molecule has 0 aliphatic rings. The number of nitrogens with two attached hydrogens (primary N) is 1. The van der Waals surface area contributed by atoms with E-state index in [1.165, 1.54) is 16.7 Å². The lowest BCUT2D eigenvalue weighted by atomic mass is 10.0. The van der Waals surface area contributed by atoms with Crippen molar-refractivity contribution in [3.63, 3.8) is 0 Å². The number of hydrogen-bond acceptors (Lipinski definition) is 3. The second-order valence-corrected chi connectivity index (χ2v) is 7.40. The molecule has 202 valence electrons. The Morgan fingerprint density at radius 1 is 0.684 bits per heavy atom. The van der Waals surface area contributed by atoms with Crippen LogP contribution in [-0.4, -0.2) is 41.0 Å². The number of carboxylic acids is 2. The van der Waals surface area contributed by atoms with Crippen molar-refractivity contribution in [3.05, 3.63) is 95.6 Å². The maximum atomic E-state index is 10.6. The summed E-state index contributed by atoms with van der Waals surface area (Å²) in [5.74, 6) is 1.04. The highest BCUT2D eigenvalue weighted by atomic mass is 19.4. The van der Waals surface area contributed by atoms with Gasteiger partial charge in [0.1, 0.15) is 0 Å². The second-order valence-electron chi connectivity index (χ2n) is 7.40. The monoisotopic (exact) mass is 539 g/mol. The van der Waals surface area contributed by atoms with Gasteiger partial charge in [-0.25, -0.2) is 9.59 Å². The van der Waals surface area contributed by atoms with Crippen molar-refractivity contribution >= 4 is 11.9 Å². The topological polar surface area (TPSA) is 101 Å². The number of benzene rings is 3. The minimum atomic E-state index is -5.08. The number of carbonyl (C=O) groups is 2. The summed E-state index contributed by atoms with van der Waals surface area (Å²) in [4.78, 5) is 17.8. The quantitative estimate of drug-likeness (QED) is 0.283. The van der Waals surface area contributed by atoms with Crippen LogP contribution in [0.2, 0.25) is 0 Å². The molecule has 3 aromatic carbocycles. The smallest absolute Gasteiger partial charge is 0.475 e. The van der Waals surface area contributed by atoms with Gasteiger partial charge in [-0.15, -0.1) is 0 Å². The van der Waals surface area contributed by atoms with Crippen LogP contribution >= 0.6 is 0 Å². The van der Waals surface area contributed by atoms with Gasteiger partial charge < -0.3 is 15.9 Å². The molecule has 0 amide bonds. The van der Waals surface area contributed by atoms with Gasteiger partial charge in [0, 0.05) is 11.1 Å². The zero-order chi connectivity index (χ0) is 28.8. The Balaban J connectivity index is 0.000000426. The third kappa shape index (κ3) is 12.6. The van der Waals surface area contributed by atoms with Gasteiger partial charge >= 0.3 is 24.3 Å². The fraction of sp³-hybridized carbons (Fsp3) is 0.185. The predicted octanol–water partition coefficient (Wildman–Crippen LogP) is 5.91. The van der Waals surface area contributed by atoms with E-state index < -0.39 is 24.3 Å². The molecule has 0 aliphatic carbocycles. The Kier molecular flexibility index (Phi) is 12.6. The van der Waals surface area contributed by atoms with Gasteiger partial charge in [-0.3, -0.25) is 0 Å². The van der Waals surface area contributed by atoms with E-state index in [9.17, 15) is 26.3 Å². The molecule has 5 nitrogen and oxygen atoms in total. The molecule has 3 rings (SSSR count). The summed E-state index contributed by atoms with van der Waals surface area (Å²) < 4.78 is 63.5. The zero-order valence-corrected chi connectivity index (χ0v) is 19.7. The number of aliphatic carboxylic acids is 2. The van der Waals surface area contributed by atoms with Crippen molar-refractivity contribution in [1.29, 1.82) is 0 Å². The predicted molar refractivity (Wildman–Crippen MR) is 129 cm³/mol. The van der Waals surface area contributed by atoms with Gasteiger partial charge in [-0.1, -0.05) is 66.4 Å².